The minimum absolute atomic E-state index is 0.0741. The summed E-state index contributed by atoms with van der Waals surface area (Å²) in [6.45, 7) is 2.83. The summed E-state index contributed by atoms with van der Waals surface area (Å²) in [6, 6.07) is 5.58. The highest BCUT2D eigenvalue weighted by molar-refractivity contribution is 5.30. The van der Waals surface area contributed by atoms with Gasteiger partial charge in [-0.3, -0.25) is 4.98 Å². The van der Waals surface area contributed by atoms with E-state index in [1.165, 1.54) is 12.1 Å². The Kier molecular flexibility index (Phi) is 4.75. The Hall–Kier alpha value is -2.48. The van der Waals surface area contributed by atoms with Gasteiger partial charge in [0.15, 0.2) is 0 Å². The molecule has 0 amide bonds. The smallest absolute Gasteiger partial charge is 0.355 e. The van der Waals surface area contributed by atoms with Gasteiger partial charge in [-0.05, 0) is 37.5 Å². The van der Waals surface area contributed by atoms with E-state index in [0.717, 1.165) is 4.57 Å². The highest BCUT2D eigenvalue weighted by Crippen LogP contribution is 2.18. The average Bonchev–Trinajstić information content (AvgIpc) is 2.55. The molecule has 1 saturated heterocycles. The molecule has 2 N–H and O–H groups in total. The Bertz CT molecular complexity index is 795. The molecule has 0 radical (unpaired) electrons. The normalized spacial score (nSPS) is 16.8. The van der Waals surface area contributed by atoms with Crippen LogP contribution in [0.5, 0.6) is 0 Å². The second-order valence-electron chi connectivity index (χ2n) is 5.81. The third-order valence-corrected chi connectivity index (χ3v) is 4.12. The predicted octanol–water partition coefficient (Wildman–Crippen LogP) is 1.60. The van der Waals surface area contributed by atoms with Crippen molar-refractivity contribution in [1.82, 2.24) is 14.5 Å². The summed E-state index contributed by atoms with van der Waals surface area (Å²) in [4.78, 5) is 31.0. The first-order chi connectivity index (χ1) is 11.5. The van der Waals surface area contributed by atoms with Gasteiger partial charge in [-0.2, -0.15) is 4.98 Å². The van der Waals surface area contributed by atoms with E-state index in [1.807, 2.05) is 0 Å². The van der Waals surface area contributed by atoms with Gasteiger partial charge in [-0.15, -0.1) is 0 Å². The summed E-state index contributed by atoms with van der Waals surface area (Å²) in [7, 11) is 0. The molecule has 0 aliphatic carbocycles. The van der Waals surface area contributed by atoms with Gasteiger partial charge in [-0.25, -0.2) is 18.5 Å². The molecule has 2 aromatic rings. The summed E-state index contributed by atoms with van der Waals surface area (Å²) >= 11 is 0. The molecule has 1 fully saturated rings. The Morgan fingerprint density at radius 3 is 2.79 bits per heavy atom. The number of anilines is 1. The van der Waals surface area contributed by atoms with Crippen LogP contribution in [0, 0.1) is 5.82 Å². The molecule has 0 bridgehead atoms. The first-order valence-electron chi connectivity index (χ1n) is 7.87. The van der Waals surface area contributed by atoms with Crippen LogP contribution < -0.4 is 16.7 Å². The zero-order valence-corrected chi connectivity index (χ0v) is 13.3. The molecule has 24 heavy (non-hydrogen) atoms. The number of hydrogen-bond acceptors (Lipinski definition) is 5. The lowest BCUT2D eigenvalue weighted by Crippen LogP contribution is -2.42. The van der Waals surface area contributed by atoms with E-state index in [-0.39, 0.29) is 23.8 Å². The first kappa shape index (κ1) is 16.4. The number of nitrogens with one attached hydrogen (secondary N) is 2. The summed E-state index contributed by atoms with van der Waals surface area (Å²) in [5.41, 5.74) is -0.415. The number of aromatic nitrogens is 3. The number of nitrogens with zero attached hydrogens (tertiary/aromatic N) is 2. The lowest BCUT2D eigenvalue weighted by atomic mass is 10.1. The largest absolute Gasteiger partial charge is 0.381 e. The van der Waals surface area contributed by atoms with Crippen LogP contribution in [0.25, 0.3) is 0 Å². The van der Waals surface area contributed by atoms with Gasteiger partial charge in [0.2, 0.25) is 5.95 Å². The van der Waals surface area contributed by atoms with E-state index in [2.05, 4.69) is 15.3 Å². The van der Waals surface area contributed by atoms with E-state index in [4.69, 9.17) is 4.74 Å². The molecule has 7 nitrogen and oxygen atoms in total. The Balaban J connectivity index is 1.82. The van der Waals surface area contributed by atoms with Crippen molar-refractivity contribution in [3.63, 3.8) is 0 Å². The molecule has 3 rings (SSSR count). The molecule has 1 aromatic carbocycles. The van der Waals surface area contributed by atoms with Crippen LogP contribution in [-0.2, 0) is 4.74 Å². The SMILES string of the molecule is CC(Nc1nc(=O)n(C2CCOCC2)c(=O)[nH]1)c1cccc(F)c1. The van der Waals surface area contributed by atoms with Crippen molar-refractivity contribution in [2.24, 2.45) is 0 Å². The first-order valence-corrected chi connectivity index (χ1v) is 7.87. The van der Waals surface area contributed by atoms with Gasteiger partial charge in [-0.1, -0.05) is 12.1 Å². The third kappa shape index (κ3) is 3.53. The van der Waals surface area contributed by atoms with Crippen LogP contribution in [0.2, 0.25) is 0 Å². The molecule has 1 atom stereocenters. The number of benzene rings is 1. The molecule has 128 valence electrons. The molecule has 1 aromatic heterocycles. The Morgan fingerprint density at radius 1 is 1.38 bits per heavy atom. The lowest BCUT2D eigenvalue weighted by Gasteiger charge is -2.23. The molecule has 1 aliphatic rings. The van der Waals surface area contributed by atoms with Gasteiger partial charge >= 0.3 is 11.4 Å². The van der Waals surface area contributed by atoms with E-state index in [9.17, 15) is 14.0 Å². The maximum absolute atomic E-state index is 13.3. The number of rotatable bonds is 4. The maximum atomic E-state index is 13.3. The van der Waals surface area contributed by atoms with E-state index in [1.54, 1.807) is 19.1 Å². The van der Waals surface area contributed by atoms with E-state index >= 15 is 0 Å². The summed E-state index contributed by atoms with van der Waals surface area (Å²) in [5, 5.41) is 2.93. The summed E-state index contributed by atoms with van der Waals surface area (Å²) in [6.07, 6.45) is 1.22. The molecular formula is C16H19FN4O3. The summed E-state index contributed by atoms with van der Waals surface area (Å²) in [5.74, 6) is -0.275. The van der Waals surface area contributed by atoms with Gasteiger partial charge in [0.1, 0.15) is 5.82 Å². The fourth-order valence-corrected chi connectivity index (χ4v) is 2.82. The van der Waals surface area contributed by atoms with Crippen molar-refractivity contribution in [3.8, 4) is 0 Å². The zero-order chi connectivity index (χ0) is 17.1. The van der Waals surface area contributed by atoms with Crippen molar-refractivity contribution >= 4 is 5.95 Å². The van der Waals surface area contributed by atoms with Crippen molar-refractivity contribution in [2.75, 3.05) is 18.5 Å². The number of hydrogen-bond donors (Lipinski definition) is 2. The third-order valence-electron chi connectivity index (χ3n) is 4.12. The molecule has 0 saturated carbocycles. The molecule has 2 heterocycles. The Labute approximate surface area is 137 Å². The molecule has 1 aliphatic heterocycles. The molecule has 1 unspecified atom stereocenters. The Morgan fingerprint density at radius 2 is 2.12 bits per heavy atom. The van der Waals surface area contributed by atoms with Crippen LogP contribution in [0.15, 0.2) is 33.9 Å². The fourth-order valence-electron chi connectivity index (χ4n) is 2.82. The van der Waals surface area contributed by atoms with Gasteiger partial charge < -0.3 is 10.1 Å². The standard InChI is InChI=1S/C16H19FN4O3/c1-10(11-3-2-4-12(17)9-11)18-14-19-15(22)21(16(23)20-14)13-5-7-24-8-6-13/h2-4,9-10,13H,5-8H2,1H3,(H2,18,19,20,22,23). The van der Waals surface area contributed by atoms with E-state index in [0.29, 0.717) is 31.6 Å². The van der Waals surface area contributed by atoms with Crippen molar-refractivity contribution in [1.29, 1.82) is 0 Å². The van der Waals surface area contributed by atoms with Crippen LogP contribution in [0.1, 0.15) is 37.4 Å². The van der Waals surface area contributed by atoms with Crippen LogP contribution in [0.4, 0.5) is 10.3 Å². The summed E-state index contributed by atoms with van der Waals surface area (Å²) < 4.78 is 19.7. The predicted molar refractivity (Wildman–Crippen MR) is 86.6 cm³/mol. The monoisotopic (exact) mass is 334 g/mol. The van der Waals surface area contributed by atoms with Crippen molar-refractivity contribution < 1.29 is 9.13 Å². The van der Waals surface area contributed by atoms with Gasteiger partial charge in [0.25, 0.3) is 0 Å². The molecular weight excluding hydrogens is 315 g/mol. The highest BCUT2D eigenvalue weighted by Gasteiger charge is 2.20. The van der Waals surface area contributed by atoms with Crippen molar-refractivity contribution in [3.05, 3.63) is 56.6 Å². The topological polar surface area (TPSA) is 89.0 Å². The fraction of sp³-hybridized carbons (Fsp3) is 0.438. The zero-order valence-electron chi connectivity index (χ0n) is 13.3. The van der Waals surface area contributed by atoms with Crippen LogP contribution >= 0.6 is 0 Å². The number of aromatic amines is 1. The molecule has 8 heteroatoms. The van der Waals surface area contributed by atoms with Gasteiger partial charge in [0.05, 0.1) is 6.04 Å². The van der Waals surface area contributed by atoms with Gasteiger partial charge in [0, 0.05) is 19.3 Å². The van der Waals surface area contributed by atoms with Crippen LogP contribution in [0.3, 0.4) is 0 Å². The second kappa shape index (κ2) is 6.96. The average molecular weight is 334 g/mol. The number of ether oxygens (including phenoxy) is 1. The number of halogens is 1. The van der Waals surface area contributed by atoms with Crippen LogP contribution in [-0.4, -0.2) is 27.7 Å². The van der Waals surface area contributed by atoms with E-state index < -0.39 is 11.4 Å². The minimum atomic E-state index is -0.598. The maximum Gasteiger partial charge on any atom is 0.355 e. The molecule has 0 spiro atoms. The lowest BCUT2D eigenvalue weighted by molar-refractivity contribution is 0.0670. The second-order valence-corrected chi connectivity index (χ2v) is 5.81. The highest BCUT2D eigenvalue weighted by atomic mass is 19.1. The minimum Gasteiger partial charge on any atom is -0.381 e. The number of H-pyrrole nitrogens is 1. The quantitative estimate of drug-likeness (QED) is 0.886. The van der Waals surface area contributed by atoms with Crippen molar-refractivity contribution in [2.45, 2.75) is 31.8 Å².